The van der Waals surface area contributed by atoms with E-state index in [2.05, 4.69) is 0 Å². The van der Waals surface area contributed by atoms with Crippen LogP contribution in [0.5, 0.6) is 5.75 Å². The minimum atomic E-state index is -0.505. The number of amides is 1. The second-order valence-electron chi connectivity index (χ2n) is 5.56. The number of ether oxygens (including phenoxy) is 2. The Morgan fingerprint density at radius 2 is 1.95 bits per heavy atom. The van der Waals surface area contributed by atoms with Crippen LogP contribution in [0.2, 0.25) is 0 Å². The molecule has 0 atom stereocenters. The Morgan fingerprint density at radius 3 is 2.53 bits per heavy atom. The topological polar surface area (TPSA) is 38.8 Å². The molecule has 4 nitrogen and oxygen atoms in total. The lowest BCUT2D eigenvalue weighted by molar-refractivity contribution is -0.0229. The number of carbonyl (C=O) groups is 1. The molecule has 2 rings (SSSR count). The molecular formula is C14H18FNO3. The normalized spacial score (nSPS) is 15.9. The molecule has 0 spiro atoms. The van der Waals surface area contributed by atoms with Crippen LogP contribution in [-0.2, 0) is 4.74 Å². The van der Waals surface area contributed by atoms with E-state index in [0.717, 1.165) is 0 Å². The van der Waals surface area contributed by atoms with E-state index in [4.69, 9.17) is 9.47 Å². The Balaban J connectivity index is 1.81. The summed E-state index contributed by atoms with van der Waals surface area (Å²) < 4.78 is 24.0. The van der Waals surface area contributed by atoms with Gasteiger partial charge in [0.05, 0.1) is 13.1 Å². The van der Waals surface area contributed by atoms with Crippen LogP contribution in [0.25, 0.3) is 0 Å². The van der Waals surface area contributed by atoms with Gasteiger partial charge in [-0.25, -0.2) is 9.18 Å². The molecule has 0 saturated carbocycles. The van der Waals surface area contributed by atoms with E-state index in [1.54, 1.807) is 18.2 Å². The van der Waals surface area contributed by atoms with E-state index in [1.807, 2.05) is 20.8 Å². The summed E-state index contributed by atoms with van der Waals surface area (Å²) in [5.41, 5.74) is -0.505. The lowest BCUT2D eigenvalue weighted by Crippen LogP contribution is -2.57. The van der Waals surface area contributed by atoms with Crippen molar-refractivity contribution in [2.45, 2.75) is 32.5 Å². The van der Waals surface area contributed by atoms with Crippen LogP contribution in [0.4, 0.5) is 9.18 Å². The van der Waals surface area contributed by atoms with Gasteiger partial charge in [-0.15, -0.1) is 0 Å². The van der Waals surface area contributed by atoms with Crippen LogP contribution in [-0.4, -0.2) is 35.8 Å². The van der Waals surface area contributed by atoms with Crippen molar-refractivity contribution >= 4 is 6.09 Å². The molecule has 1 heterocycles. The lowest BCUT2D eigenvalue weighted by Gasteiger charge is -2.39. The van der Waals surface area contributed by atoms with E-state index in [-0.39, 0.29) is 17.9 Å². The average Bonchev–Trinajstić information content (AvgIpc) is 2.22. The monoisotopic (exact) mass is 267 g/mol. The molecule has 1 aliphatic heterocycles. The predicted molar refractivity (Wildman–Crippen MR) is 68.6 cm³/mol. The Kier molecular flexibility index (Phi) is 3.64. The first-order valence-electron chi connectivity index (χ1n) is 6.24. The highest BCUT2D eigenvalue weighted by Crippen LogP contribution is 2.22. The van der Waals surface area contributed by atoms with Gasteiger partial charge in [0.1, 0.15) is 11.7 Å². The summed E-state index contributed by atoms with van der Waals surface area (Å²) >= 11 is 0. The van der Waals surface area contributed by atoms with Gasteiger partial charge in [0, 0.05) is 0 Å². The molecule has 1 fully saturated rings. The zero-order valence-corrected chi connectivity index (χ0v) is 11.4. The molecule has 1 aromatic carbocycles. The highest BCUT2D eigenvalue weighted by molar-refractivity contribution is 5.69. The maximum Gasteiger partial charge on any atom is 0.410 e. The number of nitrogens with zero attached hydrogens (tertiary/aromatic N) is 1. The smallest absolute Gasteiger partial charge is 0.410 e. The third-order valence-electron chi connectivity index (χ3n) is 2.63. The van der Waals surface area contributed by atoms with Gasteiger partial charge in [-0.05, 0) is 32.9 Å². The van der Waals surface area contributed by atoms with Crippen LogP contribution in [0.3, 0.4) is 0 Å². The predicted octanol–water partition coefficient (Wildman–Crippen LogP) is 2.82. The SMILES string of the molecule is CC(C)(C)OC(=O)N1CC(Oc2ccccc2F)C1. The van der Waals surface area contributed by atoms with Gasteiger partial charge >= 0.3 is 6.09 Å². The van der Waals surface area contributed by atoms with E-state index in [9.17, 15) is 9.18 Å². The summed E-state index contributed by atoms with van der Waals surface area (Å²) in [6.07, 6.45) is -0.537. The van der Waals surface area contributed by atoms with Crippen LogP contribution in [0.15, 0.2) is 24.3 Å². The molecule has 0 N–H and O–H groups in total. The Bertz CT molecular complexity index is 464. The van der Waals surface area contributed by atoms with Crippen molar-refractivity contribution in [3.8, 4) is 5.75 Å². The van der Waals surface area contributed by atoms with Crippen molar-refractivity contribution < 1.29 is 18.7 Å². The van der Waals surface area contributed by atoms with Crippen LogP contribution >= 0.6 is 0 Å². The highest BCUT2D eigenvalue weighted by atomic mass is 19.1. The number of benzene rings is 1. The molecular weight excluding hydrogens is 249 g/mol. The zero-order chi connectivity index (χ0) is 14.0. The number of carbonyl (C=O) groups excluding carboxylic acids is 1. The van der Waals surface area contributed by atoms with E-state index >= 15 is 0 Å². The van der Waals surface area contributed by atoms with E-state index in [1.165, 1.54) is 11.0 Å². The van der Waals surface area contributed by atoms with Gasteiger partial charge in [0.15, 0.2) is 11.6 Å². The fraction of sp³-hybridized carbons (Fsp3) is 0.500. The van der Waals surface area contributed by atoms with E-state index in [0.29, 0.717) is 13.1 Å². The summed E-state index contributed by atoms with van der Waals surface area (Å²) in [5.74, 6) is -0.172. The molecule has 0 radical (unpaired) electrons. The van der Waals surface area contributed by atoms with Gasteiger partial charge in [-0.3, -0.25) is 0 Å². The van der Waals surface area contributed by atoms with Crippen LogP contribution in [0.1, 0.15) is 20.8 Å². The van der Waals surface area contributed by atoms with Gasteiger partial charge in [0.2, 0.25) is 0 Å². The third-order valence-corrected chi connectivity index (χ3v) is 2.63. The summed E-state index contributed by atoms with van der Waals surface area (Å²) in [4.78, 5) is 13.2. The van der Waals surface area contributed by atoms with Gasteiger partial charge in [-0.1, -0.05) is 12.1 Å². The molecule has 0 aromatic heterocycles. The second-order valence-corrected chi connectivity index (χ2v) is 5.56. The first-order valence-corrected chi connectivity index (χ1v) is 6.24. The standard InChI is InChI=1S/C14H18FNO3/c1-14(2,3)19-13(17)16-8-10(9-16)18-12-7-5-4-6-11(12)15/h4-7,10H,8-9H2,1-3H3. The van der Waals surface area contributed by atoms with E-state index < -0.39 is 11.4 Å². The largest absolute Gasteiger partial charge is 0.484 e. The number of hydrogen-bond donors (Lipinski definition) is 0. The fourth-order valence-corrected chi connectivity index (χ4v) is 1.71. The molecule has 0 unspecified atom stereocenters. The van der Waals surface area contributed by atoms with Crippen molar-refractivity contribution in [2.24, 2.45) is 0 Å². The highest BCUT2D eigenvalue weighted by Gasteiger charge is 2.35. The number of halogens is 1. The van der Waals surface area contributed by atoms with Crippen molar-refractivity contribution in [3.05, 3.63) is 30.1 Å². The molecule has 5 heteroatoms. The van der Waals surface area contributed by atoms with Crippen molar-refractivity contribution in [2.75, 3.05) is 13.1 Å². The van der Waals surface area contributed by atoms with Crippen molar-refractivity contribution in [3.63, 3.8) is 0 Å². The summed E-state index contributed by atoms with van der Waals surface area (Å²) in [7, 11) is 0. The summed E-state index contributed by atoms with van der Waals surface area (Å²) in [5, 5.41) is 0. The molecule has 0 bridgehead atoms. The first-order chi connectivity index (χ1) is 8.85. The number of rotatable bonds is 2. The fourth-order valence-electron chi connectivity index (χ4n) is 1.71. The molecule has 19 heavy (non-hydrogen) atoms. The lowest BCUT2D eigenvalue weighted by atomic mass is 10.1. The maximum atomic E-state index is 13.4. The Hall–Kier alpha value is -1.78. The zero-order valence-electron chi connectivity index (χ0n) is 11.4. The molecule has 0 aliphatic carbocycles. The van der Waals surface area contributed by atoms with Gasteiger partial charge in [-0.2, -0.15) is 0 Å². The second kappa shape index (κ2) is 5.07. The number of likely N-dealkylation sites (tertiary alicyclic amines) is 1. The van der Waals surface area contributed by atoms with Crippen molar-refractivity contribution in [1.82, 2.24) is 4.90 Å². The summed E-state index contributed by atoms with van der Waals surface area (Å²) in [6.45, 7) is 6.29. The molecule has 1 aliphatic rings. The summed E-state index contributed by atoms with van der Waals surface area (Å²) in [6, 6.07) is 6.24. The molecule has 1 amide bonds. The van der Waals surface area contributed by atoms with Gasteiger partial charge in [0.25, 0.3) is 0 Å². The number of hydrogen-bond acceptors (Lipinski definition) is 3. The quantitative estimate of drug-likeness (QED) is 0.827. The van der Waals surface area contributed by atoms with Crippen LogP contribution in [0, 0.1) is 5.82 Å². The Labute approximate surface area is 112 Å². The van der Waals surface area contributed by atoms with Gasteiger partial charge < -0.3 is 14.4 Å². The van der Waals surface area contributed by atoms with Crippen LogP contribution < -0.4 is 4.74 Å². The third kappa shape index (κ3) is 3.59. The average molecular weight is 267 g/mol. The molecule has 104 valence electrons. The first kappa shape index (κ1) is 13.6. The minimum Gasteiger partial charge on any atom is -0.484 e. The minimum absolute atomic E-state index is 0.176. The Morgan fingerprint density at radius 1 is 1.32 bits per heavy atom. The molecule has 1 aromatic rings. The molecule has 1 saturated heterocycles. The number of para-hydroxylation sites is 1. The van der Waals surface area contributed by atoms with Crippen molar-refractivity contribution in [1.29, 1.82) is 0 Å². The maximum absolute atomic E-state index is 13.4.